The van der Waals surface area contributed by atoms with Gasteiger partial charge in [-0.15, -0.1) is 0 Å². The summed E-state index contributed by atoms with van der Waals surface area (Å²) in [4.78, 5) is 2.06. The van der Waals surface area contributed by atoms with Crippen LogP contribution in [0.4, 0.5) is 4.39 Å². The van der Waals surface area contributed by atoms with Gasteiger partial charge in [0.25, 0.3) is 0 Å². The molecule has 0 spiro atoms. The normalized spacial score (nSPS) is 12.3. The minimum atomic E-state index is -3.63. The molecule has 0 bridgehead atoms. The van der Waals surface area contributed by atoms with Crippen molar-refractivity contribution in [2.24, 2.45) is 5.73 Å². The van der Waals surface area contributed by atoms with Crippen molar-refractivity contribution in [3.8, 4) is 0 Å². The topological polar surface area (TPSA) is 75.4 Å². The Kier molecular flexibility index (Phi) is 6.07. The van der Waals surface area contributed by atoms with Crippen LogP contribution >= 0.6 is 0 Å². The smallest absolute Gasteiger partial charge is 0.240 e. The molecule has 0 aromatic heterocycles. The van der Waals surface area contributed by atoms with Crippen molar-refractivity contribution >= 4 is 10.0 Å². The third kappa shape index (κ3) is 4.52. The number of nitrogens with two attached hydrogens (primary N) is 1. The number of benzene rings is 1. The lowest BCUT2D eigenvalue weighted by atomic mass is 10.2. The molecule has 0 fully saturated rings. The van der Waals surface area contributed by atoms with Gasteiger partial charge in [-0.2, -0.15) is 0 Å². The average Bonchev–Trinajstić information content (AvgIpc) is 2.38. The van der Waals surface area contributed by atoms with E-state index in [1.54, 1.807) is 0 Å². The zero-order valence-electron chi connectivity index (χ0n) is 12.1. The van der Waals surface area contributed by atoms with Gasteiger partial charge in [0.05, 0.1) is 4.90 Å². The number of likely N-dealkylation sites (N-methyl/N-ethyl adjacent to an activating group) is 1. The fourth-order valence-electron chi connectivity index (χ4n) is 1.57. The van der Waals surface area contributed by atoms with Crippen LogP contribution in [0.15, 0.2) is 23.1 Å². The van der Waals surface area contributed by atoms with Gasteiger partial charge >= 0.3 is 0 Å². The summed E-state index contributed by atoms with van der Waals surface area (Å²) >= 11 is 0. The predicted octanol–water partition coefficient (Wildman–Crippen LogP) is 0.903. The standard InChI is InChI=1S/C13H22FN3O2S/c1-10(2)17(3)7-6-16-20(18,19)12-4-5-13(14)11(8-12)9-15/h4-5,8,10,16H,6-7,9,15H2,1-3H3. The Labute approximate surface area is 120 Å². The first-order valence-corrected chi connectivity index (χ1v) is 7.94. The van der Waals surface area contributed by atoms with Crippen molar-refractivity contribution < 1.29 is 12.8 Å². The van der Waals surface area contributed by atoms with E-state index in [4.69, 9.17) is 5.73 Å². The van der Waals surface area contributed by atoms with Crippen LogP contribution in [0.5, 0.6) is 0 Å². The van der Waals surface area contributed by atoms with Gasteiger partial charge in [0.2, 0.25) is 10.0 Å². The maximum atomic E-state index is 13.3. The van der Waals surface area contributed by atoms with Gasteiger partial charge in [-0.3, -0.25) is 0 Å². The molecule has 7 heteroatoms. The third-order valence-corrected chi connectivity index (χ3v) is 4.64. The molecule has 1 aromatic carbocycles. The molecule has 0 atom stereocenters. The Balaban J connectivity index is 2.74. The average molecular weight is 303 g/mol. The molecular weight excluding hydrogens is 281 g/mol. The monoisotopic (exact) mass is 303 g/mol. The highest BCUT2D eigenvalue weighted by molar-refractivity contribution is 7.89. The summed E-state index contributed by atoms with van der Waals surface area (Å²) in [5, 5.41) is 0. The lowest BCUT2D eigenvalue weighted by Gasteiger charge is -2.20. The summed E-state index contributed by atoms with van der Waals surface area (Å²) in [6, 6.07) is 3.97. The number of rotatable bonds is 7. The van der Waals surface area contributed by atoms with Crippen LogP contribution in [0.2, 0.25) is 0 Å². The van der Waals surface area contributed by atoms with E-state index in [1.807, 2.05) is 25.8 Å². The molecule has 5 nitrogen and oxygen atoms in total. The molecule has 0 aliphatic heterocycles. The molecule has 0 saturated carbocycles. The molecule has 0 amide bonds. The van der Waals surface area contributed by atoms with Crippen LogP contribution in [-0.2, 0) is 16.6 Å². The van der Waals surface area contributed by atoms with Crippen LogP contribution in [0.25, 0.3) is 0 Å². The van der Waals surface area contributed by atoms with Gasteiger partial charge < -0.3 is 10.6 Å². The third-order valence-electron chi connectivity index (χ3n) is 3.19. The molecule has 0 aliphatic carbocycles. The molecule has 114 valence electrons. The number of sulfonamides is 1. The van der Waals surface area contributed by atoms with Gasteiger partial charge in [-0.1, -0.05) is 0 Å². The maximum absolute atomic E-state index is 13.3. The van der Waals surface area contributed by atoms with Crippen LogP contribution in [0.1, 0.15) is 19.4 Å². The summed E-state index contributed by atoms with van der Waals surface area (Å²) < 4.78 is 39.9. The van der Waals surface area contributed by atoms with E-state index in [1.165, 1.54) is 12.1 Å². The number of nitrogens with zero attached hydrogens (tertiary/aromatic N) is 1. The maximum Gasteiger partial charge on any atom is 0.240 e. The summed E-state index contributed by atoms with van der Waals surface area (Å²) in [6.07, 6.45) is 0. The predicted molar refractivity (Wildman–Crippen MR) is 77.2 cm³/mol. The van der Waals surface area contributed by atoms with Gasteiger partial charge in [0.15, 0.2) is 0 Å². The van der Waals surface area contributed by atoms with E-state index < -0.39 is 15.8 Å². The van der Waals surface area contributed by atoms with Crippen molar-refractivity contribution in [3.05, 3.63) is 29.6 Å². The first kappa shape index (κ1) is 17.0. The number of hydrogen-bond donors (Lipinski definition) is 2. The first-order chi connectivity index (χ1) is 9.27. The second kappa shape index (κ2) is 7.12. The van der Waals surface area contributed by atoms with Crippen LogP contribution < -0.4 is 10.5 Å². The lowest BCUT2D eigenvalue weighted by Crippen LogP contribution is -2.36. The molecule has 20 heavy (non-hydrogen) atoms. The Hall–Kier alpha value is -1.02. The van der Waals surface area contributed by atoms with Gasteiger partial charge in [0, 0.05) is 31.2 Å². The minimum Gasteiger partial charge on any atom is -0.326 e. The Bertz CT molecular complexity index is 547. The van der Waals surface area contributed by atoms with Crippen LogP contribution in [-0.4, -0.2) is 39.5 Å². The van der Waals surface area contributed by atoms with Crippen molar-refractivity contribution in [2.45, 2.75) is 31.3 Å². The largest absolute Gasteiger partial charge is 0.326 e. The summed E-state index contributed by atoms with van der Waals surface area (Å²) in [5.74, 6) is -0.494. The fourth-order valence-corrected chi connectivity index (χ4v) is 2.64. The van der Waals surface area contributed by atoms with E-state index >= 15 is 0 Å². The highest BCUT2D eigenvalue weighted by Crippen LogP contribution is 2.14. The van der Waals surface area contributed by atoms with Crippen molar-refractivity contribution in [2.75, 3.05) is 20.1 Å². The first-order valence-electron chi connectivity index (χ1n) is 6.46. The lowest BCUT2D eigenvalue weighted by molar-refractivity contribution is 0.278. The van der Waals surface area contributed by atoms with E-state index in [-0.39, 0.29) is 17.0 Å². The Morgan fingerprint density at radius 2 is 2.05 bits per heavy atom. The second-order valence-corrected chi connectivity index (χ2v) is 6.70. The van der Waals surface area contributed by atoms with Gasteiger partial charge in [0.1, 0.15) is 5.82 Å². The molecule has 1 rings (SSSR count). The van der Waals surface area contributed by atoms with Gasteiger partial charge in [-0.25, -0.2) is 17.5 Å². The van der Waals surface area contributed by atoms with E-state index in [9.17, 15) is 12.8 Å². The highest BCUT2D eigenvalue weighted by Gasteiger charge is 2.16. The van der Waals surface area contributed by atoms with Gasteiger partial charge in [-0.05, 0) is 39.1 Å². The van der Waals surface area contributed by atoms with E-state index in [0.29, 0.717) is 19.1 Å². The second-order valence-electron chi connectivity index (χ2n) is 4.93. The molecule has 3 N–H and O–H groups in total. The SMILES string of the molecule is CC(C)N(C)CCNS(=O)(=O)c1ccc(F)c(CN)c1. The number of hydrogen-bond acceptors (Lipinski definition) is 4. The Morgan fingerprint density at radius 1 is 1.40 bits per heavy atom. The van der Waals surface area contributed by atoms with E-state index in [0.717, 1.165) is 6.07 Å². The molecule has 0 heterocycles. The number of halogens is 1. The molecular formula is C13H22FN3O2S. The van der Waals surface area contributed by atoms with Crippen LogP contribution in [0.3, 0.4) is 0 Å². The highest BCUT2D eigenvalue weighted by atomic mass is 32.2. The zero-order valence-corrected chi connectivity index (χ0v) is 12.9. The van der Waals surface area contributed by atoms with Crippen molar-refractivity contribution in [1.29, 1.82) is 0 Å². The fraction of sp³-hybridized carbons (Fsp3) is 0.538. The summed E-state index contributed by atoms with van der Waals surface area (Å²) in [7, 11) is -1.71. The molecule has 0 aliphatic rings. The zero-order chi connectivity index (χ0) is 15.3. The summed E-state index contributed by atoms with van der Waals surface area (Å²) in [6.45, 7) is 4.92. The van der Waals surface area contributed by atoms with Crippen molar-refractivity contribution in [3.63, 3.8) is 0 Å². The number of nitrogens with one attached hydrogen (secondary N) is 1. The van der Waals surface area contributed by atoms with Crippen molar-refractivity contribution in [1.82, 2.24) is 9.62 Å². The Morgan fingerprint density at radius 3 is 2.60 bits per heavy atom. The summed E-state index contributed by atoms with van der Waals surface area (Å²) in [5.41, 5.74) is 5.56. The van der Waals surface area contributed by atoms with E-state index in [2.05, 4.69) is 4.72 Å². The molecule has 0 unspecified atom stereocenters. The molecule has 0 saturated heterocycles. The molecule has 1 aromatic rings. The quantitative estimate of drug-likeness (QED) is 0.785. The van der Waals surface area contributed by atoms with Crippen LogP contribution in [0, 0.1) is 5.82 Å². The molecule has 0 radical (unpaired) electrons. The minimum absolute atomic E-state index is 0.0338.